The van der Waals surface area contributed by atoms with Crippen molar-refractivity contribution in [1.29, 1.82) is 0 Å². The normalized spacial score (nSPS) is 48.6. The highest BCUT2D eigenvalue weighted by atomic mass is 16.3. The minimum Gasteiger partial charge on any atom is -0.393 e. The van der Waals surface area contributed by atoms with Gasteiger partial charge in [0.1, 0.15) is 0 Å². The van der Waals surface area contributed by atoms with Crippen molar-refractivity contribution in [3.05, 3.63) is 11.6 Å². The minimum atomic E-state index is -0.0902. The number of hydrogen-bond donors (Lipinski definition) is 1. The first-order valence-electron chi connectivity index (χ1n) is 11.2. The van der Waals surface area contributed by atoms with Crippen LogP contribution in [0.5, 0.6) is 0 Å². The summed E-state index contributed by atoms with van der Waals surface area (Å²) < 4.78 is 0. The van der Waals surface area contributed by atoms with Crippen molar-refractivity contribution in [3.63, 3.8) is 0 Å². The van der Waals surface area contributed by atoms with Gasteiger partial charge in [0, 0.05) is 6.42 Å². The van der Waals surface area contributed by atoms with Crippen LogP contribution in [-0.2, 0) is 0 Å². The van der Waals surface area contributed by atoms with Crippen molar-refractivity contribution in [2.75, 3.05) is 0 Å². The Kier molecular flexibility index (Phi) is 4.80. The number of hydrogen-bond acceptors (Lipinski definition) is 1. The molecule has 0 aromatic heterocycles. The van der Waals surface area contributed by atoms with E-state index in [2.05, 4.69) is 32.8 Å². The molecule has 8 atom stereocenters. The third-order valence-electron chi connectivity index (χ3n) is 9.58. The molecule has 144 valence electrons. The number of fused-ring (bicyclic) bond motifs is 5. The second-order valence-corrected chi connectivity index (χ2v) is 10.6. The van der Waals surface area contributed by atoms with Gasteiger partial charge < -0.3 is 5.11 Å². The predicted molar refractivity (Wildman–Crippen MR) is 108 cm³/mol. The van der Waals surface area contributed by atoms with Crippen molar-refractivity contribution < 1.29 is 5.11 Å². The summed E-state index contributed by atoms with van der Waals surface area (Å²) >= 11 is 0. The average Bonchev–Trinajstić information content (AvgIpc) is 2.97. The van der Waals surface area contributed by atoms with Crippen molar-refractivity contribution >= 4 is 0 Å². The van der Waals surface area contributed by atoms with E-state index >= 15 is 0 Å². The van der Waals surface area contributed by atoms with Gasteiger partial charge in [-0.2, -0.15) is 0 Å². The molecule has 1 heteroatoms. The smallest absolute Gasteiger partial charge is 0.0577 e. The van der Waals surface area contributed by atoms with Crippen LogP contribution >= 0.6 is 0 Å². The molecule has 1 nitrogen and oxygen atoms in total. The fraction of sp³-hybridized carbons (Fsp3) is 0.840. The fourth-order valence-corrected chi connectivity index (χ4v) is 8.13. The van der Waals surface area contributed by atoms with E-state index in [4.69, 9.17) is 6.42 Å². The number of aliphatic hydroxyl groups is 1. The van der Waals surface area contributed by atoms with Crippen LogP contribution in [0.15, 0.2) is 11.6 Å². The van der Waals surface area contributed by atoms with Gasteiger partial charge in [0.15, 0.2) is 0 Å². The zero-order chi connectivity index (χ0) is 18.5. The second kappa shape index (κ2) is 6.70. The summed E-state index contributed by atoms with van der Waals surface area (Å²) in [5.41, 5.74) is 2.50. The van der Waals surface area contributed by atoms with Crippen LogP contribution in [0.3, 0.4) is 0 Å². The van der Waals surface area contributed by atoms with Gasteiger partial charge in [-0.15, -0.1) is 12.3 Å². The minimum absolute atomic E-state index is 0.0902. The maximum Gasteiger partial charge on any atom is 0.0577 e. The molecule has 0 radical (unpaired) electrons. The quantitative estimate of drug-likeness (QED) is 0.488. The largest absolute Gasteiger partial charge is 0.393 e. The Bertz CT molecular complexity index is 612. The molecule has 1 N–H and O–H groups in total. The van der Waals surface area contributed by atoms with Crippen molar-refractivity contribution in [1.82, 2.24) is 0 Å². The van der Waals surface area contributed by atoms with E-state index in [1.54, 1.807) is 5.57 Å². The first kappa shape index (κ1) is 18.6. The van der Waals surface area contributed by atoms with Gasteiger partial charge in [-0.05, 0) is 98.2 Å². The third-order valence-corrected chi connectivity index (χ3v) is 9.58. The van der Waals surface area contributed by atoms with E-state index < -0.39 is 0 Å². The van der Waals surface area contributed by atoms with E-state index in [-0.39, 0.29) is 6.10 Å². The molecule has 3 saturated carbocycles. The van der Waals surface area contributed by atoms with Gasteiger partial charge in [0.05, 0.1) is 6.10 Å². The van der Waals surface area contributed by atoms with Gasteiger partial charge in [-0.3, -0.25) is 0 Å². The number of allylic oxidation sites excluding steroid dienone is 1. The molecule has 3 fully saturated rings. The van der Waals surface area contributed by atoms with Crippen LogP contribution in [0, 0.1) is 52.8 Å². The fourth-order valence-electron chi connectivity index (χ4n) is 8.13. The standard InChI is InChI=1S/C25H38O/c1-5-6-7-17(2)21-10-11-22-20-9-8-18-16-19(26)12-14-24(18,3)23(20)13-15-25(21,22)4/h1,8,17,19-23,26H,6-7,9-16H2,2-4H3/t17-,19+,20+,21-,22+,23+,24+,25-/m1/s1. The van der Waals surface area contributed by atoms with E-state index in [1.807, 2.05) is 0 Å². The van der Waals surface area contributed by atoms with E-state index in [1.165, 1.54) is 44.9 Å². The number of rotatable bonds is 3. The van der Waals surface area contributed by atoms with Crippen LogP contribution in [-0.4, -0.2) is 11.2 Å². The predicted octanol–water partition coefficient (Wildman–Crippen LogP) is 5.98. The van der Waals surface area contributed by atoms with Crippen molar-refractivity contribution in [2.24, 2.45) is 40.4 Å². The monoisotopic (exact) mass is 354 g/mol. The lowest BCUT2D eigenvalue weighted by Crippen LogP contribution is -2.50. The Labute approximate surface area is 161 Å². The first-order valence-corrected chi connectivity index (χ1v) is 11.2. The molecular weight excluding hydrogens is 316 g/mol. The lowest BCUT2D eigenvalue weighted by molar-refractivity contribution is -0.0570. The van der Waals surface area contributed by atoms with Crippen molar-refractivity contribution in [2.45, 2.75) is 91.1 Å². The Morgan fingerprint density at radius 2 is 2.00 bits per heavy atom. The number of aliphatic hydroxyl groups excluding tert-OH is 1. The van der Waals surface area contributed by atoms with E-state index in [0.717, 1.165) is 48.9 Å². The Balaban J connectivity index is 1.57. The Hall–Kier alpha value is -0.740. The summed E-state index contributed by atoms with van der Waals surface area (Å²) in [5, 5.41) is 10.2. The lowest BCUT2D eigenvalue weighted by Gasteiger charge is -2.58. The van der Waals surface area contributed by atoms with Gasteiger partial charge in [-0.25, -0.2) is 0 Å². The molecule has 26 heavy (non-hydrogen) atoms. The average molecular weight is 355 g/mol. The Morgan fingerprint density at radius 3 is 2.77 bits per heavy atom. The molecule has 4 rings (SSSR count). The van der Waals surface area contributed by atoms with E-state index in [0.29, 0.717) is 10.8 Å². The summed E-state index contributed by atoms with van der Waals surface area (Å²) in [7, 11) is 0. The molecule has 0 amide bonds. The molecule has 0 aliphatic heterocycles. The highest BCUT2D eigenvalue weighted by Gasteiger charge is 2.58. The molecule has 0 heterocycles. The van der Waals surface area contributed by atoms with Gasteiger partial charge >= 0.3 is 0 Å². The van der Waals surface area contributed by atoms with Gasteiger partial charge in [0.25, 0.3) is 0 Å². The summed E-state index contributed by atoms with van der Waals surface area (Å²) in [6, 6.07) is 0. The second-order valence-electron chi connectivity index (χ2n) is 10.6. The van der Waals surface area contributed by atoms with E-state index in [9.17, 15) is 5.11 Å². The SMILES string of the molecule is C#CCC[C@@H](C)[C@H]1CC[C@H]2[C@@H]3CC=C4C[C@@H](O)CC[C@]4(C)[C@H]3CC[C@]12C. The maximum atomic E-state index is 10.2. The van der Waals surface area contributed by atoms with Crippen molar-refractivity contribution in [3.8, 4) is 12.3 Å². The molecule has 0 spiro atoms. The highest BCUT2D eigenvalue weighted by molar-refractivity contribution is 5.25. The highest BCUT2D eigenvalue weighted by Crippen LogP contribution is 2.67. The summed E-state index contributed by atoms with van der Waals surface area (Å²) in [6.07, 6.45) is 20.2. The number of terminal acetylenes is 1. The van der Waals surface area contributed by atoms with Gasteiger partial charge in [-0.1, -0.05) is 32.4 Å². The topological polar surface area (TPSA) is 20.2 Å². The molecule has 4 aliphatic carbocycles. The van der Waals surface area contributed by atoms with Crippen LogP contribution in [0.25, 0.3) is 0 Å². The van der Waals surface area contributed by atoms with Crippen LogP contribution < -0.4 is 0 Å². The third kappa shape index (κ3) is 2.71. The lowest BCUT2D eigenvalue weighted by atomic mass is 9.47. The molecular formula is C25H38O. The molecule has 4 aliphatic rings. The van der Waals surface area contributed by atoms with Crippen LogP contribution in [0.1, 0.15) is 85.0 Å². The Morgan fingerprint density at radius 1 is 1.19 bits per heavy atom. The van der Waals surface area contributed by atoms with Crippen LogP contribution in [0.4, 0.5) is 0 Å². The summed E-state index contributed by atoms with van der Waals surface area (Å²) in [5.74, 6) is 7.14. The van der Waals surface area contributed by atoms with Crippen LogP contribution in [0.2, 0.25) is 0 Å². The molecule has 0 bridgehead atoms. The zero-order valence-corrected chi connectivity index (χ0v) is 17.1. The summed E-state index contributed by atoms with van der Waals surface area (Å²) in [4.78, 5) is 0. The molecule has 0 unspecified atom stereocenters. The van der Waals surface area contributed by atoms with Gasteiger partial charge in [0.2, 0.25) is 0 Å². The molecule has 0 aromatic carbocycles. The summed E-state index contributed by atoms with van der Waals surface area (Å²) in [6.45, 7) is 7.63. The molecule has 0 saturated heterocycles. The maximum absolute atomic E-state index is 10.2. The molecule has 0 aromatic rings. The zero-order valence-electron chi connectivity index (χ0n) is 17.1. The first-order chi connectivity index (χ1) is 12.4.